The Bertz CT molecular complexity index is 2710. The molecule has 0 aliphatic carbocycles. The minimum Gasteiger partial charge on any atom is -0.508 e. The third-order valence-electron chi connectivity index (χ3n) is 13.7. The fourth-order valence-corrected chi connectivity index (χ4v) is 9.25. The predicted octanol–water partition coefficient (Wildman–Crippen LogP) is -1.34. The molecule has 1 saturated heterocycles. The van der Waals surface area contributed by atoms with Crippen molar-refractivity contribution in [2.45, 2.75) is 134 Å². The molecular weight excluding hydrogens is 1080 g/mol. The summed E-state index contributed by atoms with van der Waals surface area (Å²) in [7, 11) is 0. The molecule has 2 heterocycles. The number of benzene rings is 2. The number of thiol groups is 2. The summed E-state index contributed by atoms with van der Waals surface area (Å²) in [6, 6.07) is 1.48. The largest absolute Gasteiger partial charge is 0.508 e. The molecule has 80 heavy (non-hydrogen) atoms. The number of para-hydroxylation sites is 1. The molecule has 4 rings (SSSR count). The number of carbonyl (C=O) groups is 11. The van der Waals surface area contributed by atoms with Crippen LogP contribution in [0.1, 0.15) is 78.4 Å². The summed E-state index contributed by atoms with van der Waals surface area (Å²) < 4.78 is 0. The normalized spacial score (nSPS) is 16.6. The van der Waals surface area contributed by atoms with Crippen molar-refractivity contribution in [1.82, 2.24) is 52.4 Å². The minimum atomic E-state index is -1.67. The maximum absolute atomic E-state index is 14.6. The van der Waals surface area contributed by atoms with E-state index >= 15 is 0 Å². The van der Waals surface area contributed by atoms with Crippen LogP contribution in [0.2, 0.25) is 0 Å². The summed E-state index contributed by atoms with van der Waals surface area (Å²) in [5.74, 6) is -11.4. The zero-order valence-electron chi connectivity index (χ0n) is 45.6. The number of aromatic amines is 1. The van der Waals surface area contributed by atoms with Gasteiger partial charge in [-0.25, -0.2) is 4.79 Å². The van der Waals surface area contributed by atoms with Crippen LogP contribution < -0.4 is 54.0 Å². The standard InChI is InChI=1S/C53H76N12O13S2/c1-7-28(6)44(64-50(74)43(27(4)5)62-45(69)33(54)24-79)51(75)60-37(19-29-14-16-31(66)17-15-29)52(76)65-18-10-13-39(65)48(72)57-23-41(68)58-36(21-40(55)67)47(71)63-42(26(2)3)49(73)59-35(46(70)61-38(25-80)53(77)78)20-30-22-56-34-12-9-8-11-32(30)34/h8-9,11-12,14-17,22,26-28,33,35-39,42-44,56,66,79-80H,7,10,13,18-21,23-25,54H2,1-6H3,(H2,55,67)(H,57,72)(H,58,68)(H,59,73)(H,60,75)(H,61,70)(H,62,69)(H,63,71)(H,64,74)(H,77,78)/t28-,33-,35-,36-,37-,38-,39-,42-,43-,44-/m0/s1. The Balaban J connectivity index is 1.49. The lowest BCUT2D eigenvalue weighted by molar-refractivity contribution is -0.142. The lowest BCUT2D eigenvalue weighted by Gasteiger charge is -2.32. The van der Waals surface area contributed by atoms with Gasteiger partial charge in [0.1, 0.15) is 54.1 Å². The molecule has 3 aromatic rings. The monoisotopic (exact) mass is 1150 g/mol. The Hall–Kier alpha value is -7.39. The highest BCUT2D eigenvalue weighted by molar-refractivity contribution is 7.80. The molecule has 1 fully saturated rings. The number of fused-ring (bicyclic) bond motifs is 1. The minimum absolute atomic E-state index is 0.0194. The van der Waals surface area contributed by atoms with Crippen LogP contribution in [-0.2, 0) is 65.6 Å². The van der Waals surface area contributed by atoms with Crippen LogP contribution in [-0.4, -0.2) is 164 Å². The molecule has 27 heteroatoms. The molecule has 1 aromatic heterocycles. The molecule has 10 atom stereocenters. The number of rotatable bonds is 30. The number of nitrogens with one attached hydrogen (secondary N) is 9. The number of aromatic hydroxyl groups is 1. The highest BCUT2D eigenvalue weighted by atomic mass is 32.1. The van der Waals surface area contributed by atoms with Gasteiger partial charge in [0.25, 0.3) is 0 Å². The fourth-order valence-electron chi connectivity index (χ4n) is 8.83. The maximum Gasteiger partial charge on any atom is 0.327 e. The number of nitrogens with zero attached hydrogens (tertiary/aromatic N) is 1. The average Bonchev–Trinajstić information content (AvgIpc) is 4.09. The zero-order chi connectivity index (χ0) is 59.5. The van der Waals surface area contributed by atoms with Crippen LogP contribution in [0.3, 0.4) is 0 Å². The zero-order valence-corrected chi connectivity index (χ0v) is 47.4. The number of carboxylic acids is 1. The Morgan fingerprint density at radius 3 is 1.84 bits per heavy atom. The Kier molecular flexibility index (Phi) is 25.1. The van der Waals surface area contributed by atoms with E-state index in [0.29, 0.717) is 24.0 Å². The first-order chi connectivity index (χ1) is 37.8. The van der Waals surface area contributed by atoms with Gasteiger partial charge in [-0.3, -0.25) is 47.9 Å². The van der Waals surface area contributed by atoms with Crippen LogP contribution in [0.4, 0.5) is 0 Å². The fraction of sp³-hybridized carbons (Fsp3) is 0.528. The van der Waals surface area contributed by atoms with E-state index in [1.807, 2.05) is 0 Å². The van der Waals surface area contributed by atoms with Gasteiger partial charge in [-0.15, -0.1) is 0 Å². The number of hydrogen-bond acceptors (Lipinski definition) is 15. The summed E-state index contributed by atoms with van der Waals surface area (Å²) in [4.78, 5) is 152. The van der Waals surface area contributed by atoms with Gasteiger partial charge >= 0.3 is 5.97 Å². The first-order valence-corrected chi connectivity index (χ1v) is 27.6. The summed E-state index contributed by atoms with van der Waals surface area (Å²) in [6.07, 6.45) is 1.58. The average molecular weight is 1150 g/mol. The molecule has 10 amide bonds. The van der Waals surface area contributed by atoms with Gasteiger partial charge in [0.2, 0.25) is 59.1 Å². The van der Waals surface area contributed by atoms with E-state index in [2.05, 4.69) is 72.8 Å². The van der Waals surface area contributed by atoms with Crippen LogP contribution in [0.25, 0.3) is 10.9 Å². The molecule has 438 valence electrons. The van der Waals surface area contributed by atoms with Crippen molar-refractivity contribution in [2.24, 2.45) is 29.2 Å². The summed E-state index contributed by atoms with van der Waals surface area (Å²) in [6.45, 7) is 9.40. The van der Waals surface area contributed by atoms with E-state index in [1.54, 1.807) is 84.1 Å². The number of aromatic nitrogens is 1. The van der Waals surface area contributed by atoms with E-state index in [0.717, 1.165) is 10.9 Å². The van der Waals surface area contributed by atoms with Crippen molar-refractivity contribution < 1.29 is 63.0 Å². The summed E-state index contributed by atoms with van der Waals surface area (Å²) in [5.41, 5.74) is 13.2. The Labute approximate surface area is 474 Å². The SMILES string of the molecule is CC[C@H](C)[C@H](NC(=O)[C@@H](NC(=O)[C@@H](N)CS)C(C)C)C(=O)N[C@@H](Cc1ccc(O)cc1)C(=O)N1CCC[C@H]1C(=O)NCC(=O)N[C@@H](CC(N)=O)C(=O)N[C@H](C(=O)N[C@@H](Cc1c[nH]c2ccccc12)C(=O)N[C@@H](CS)C(=O)O)C(C)C. The van der Waals surface area contributed by atoms with Crippen molar-refractivity contribution in [3.63, 3.8) is 0 Å². The lowest BCUT2D eigenvalue weighted by Crippen LogP contribution is -2.61. The highest BCUT2D eigenvalue weighted by Gasteiger charge is 2.40. The van der Waals surface area contributed by atoms with E-state index in [4.69, 9.17) is 11.5 Å². The second-order valence-electron chi connectivity index (χ2n) is 20.5. The molecule has 0 spiro atoms. The van der Waals surface area contributed by atoms with Gasteiger partial charge in [0.05, 0.1) is 19.0 Å². The number of hydrogen-bond donors (Lipinski definition) is 15. The first kappa shape index (κ1) is 65.1. The smallest absolute Gasteiger partial charge is 0.327 e. The number of phenols is 1. The van der Waals surface area contributed by atoms with Gasteiger partial charge in [-0.05, 0) is 59.9 Å². The van der Waals surface area contributed by atoms with E-state index in [1.165, 1.54) is 17.0 Å². The van der Waals surface area contributed by atoms with Gasteiger partial charge in [-0.2, -0.15) is 25.3 Å². The van der Waals surface area contributed by atoms with Crippen molar-refractivity contribution in [3.8, 4) is 5.75 Å². The third kappa shape index (κ3) is 18.6. The van der Waals surface area contributed by atoms with E-state index in [-0.39, 0.29) is 43.1 Å². The molecule has 0 bridgehead atoms. The van der Waals surface area contributed by atoms with Crippen LogP contribution in [0.5, 0.6) is 5.75 Å². The van der Waals surface area contributed by atoms with Crippen molar-refractivity contribution in [1.29, 1.82) is 0 Å². The van der Waals surface area contributed by atoms with Crippen LogP contribution in [0, 0.1) is 17.8 Å². The number of amides is 10. The molecule has 25 nitrogen and oxygen atoms in total. The molecular formula is C53H76N12O13S2. The van der Waals surface area contributed by atoms with Gasteiger partial charge in [-0.1, -0.05) is 78.3 Å². The summed E-state index contributed by atoms with van der Waals surface area (Å²) >= 11 is 8.08. The quantitative estimate of drug-likeness (QED) is 0.0344. The number of carboxylic acid groups (broad SMARTS) is 1. The molecule has 0 saturated carbocycles. The number of primary amides is 1. The lowest BCUT2D eigenvalue weighted by atomic mass is 9.95. The molecule has 1 aliphatic rings. The predicted molar refractivity (Wildman–Crippen MR) is 301 cm³/mol. The Morgan fingerprint density at radius 2 is 1.25 bits per heavy atom. The van der Waals surface area contributed by atoms with Crippen LogP contribution in [0.15, 0.2) is 54.7 Å². The van der Waals surface area contributed by atoms with Gasteiger partial charge in [0, 0.05) is 48.0 Å². The van der Waals surface area contributed by atoms with Crippen molar-refractivity contribution >= 4 is 101 Å². The van der Waals surface area contributed by atoms with Crippen molar-refractivity contribution in [2.75, 3.05) is 24.6 Å². The number of carbonyl (C=O) groups excluding carboxylic acids is 10. The molecule has 15 N–H and O–H groups in total. The van der Waals surface area contributed by atoms with Crippen molar-refractivity contribution in [3.05, 3.63) is 65.9 Å². The number of aliphatic carboxylic acids is 1. The number of H-pyrrole nitrogens is 1. The van der Waals surface area contributed by atoms with Gasteiger partial charge < -0.3 is 74.1 Å². The van der Waals surface area contributed by atoms with Gasteiger partial charge in [0.15, 0.2) is 0 Å². The second-order valence-corrected chi connectivity index (χ2v) is 21.2. The summed E-state index contributed by atoms with van der Waals surface area (Å²) in [5, 5.41) is 40.8. The first-order valence-electron chi connectivity index (χ1n) is 26.3. The van der Waals surface area contributed by atoms with Crippen LogP contribution >= 0.6 is 25.3 Å². The third-order valence-corrected chi connectivity index (χ3v) is 14.4. The molecule has 0 unspecified atom stereocenters. The Morgan fingerprint density at radius 1 is 0.688 bits per heavy atom. The highest BCUT2D eigenvalue weighted by Crippen LogP contribution is 2.23. The topological polar surface area (TPSA) is 396 Å². The molecule has 0 radical (unpaired) electrons. The maximum atomic E-state index is 14.6. The number of nitrogens with two attached hydrogens (primary N) is 2. The van der Waals surface area contributed by atoms with E-state index < -0.39 is 150 Å². The molecule has 1 aliphatic heterocycles. The van der Waals surface area contributed by atoms with E-state index in [9.17, 15) is 63.0 Å². The second kappa shape index (κ2) is 30.8. The molecule has 2 aromatic carbocycles. The number of likely N-dealkylation sites (tertiary alicyclic amines) is 1. The number of phenolic OH excluding ortho intramolecular Hbond substituents is 1.